The summed E-state index contributed by atoms with van der Waals surface area (Å²) in [6, 6.07) is 7.74. The lowest BCUT2D eigenvalue weighted by Gasteiger charge is -2.10. The van der Waals surface area contributed by atoms with Crippen LogP contribution in [0.5, 0.6) is 0 Å². The number of urea groups is 1. The first-order valence-electron chi connectivity index (χ1n) is 6.84. The topological polar surface area (TPSA) is 82.3 Å². The van der Waals surface area contributed by atoms with Gasteiger partial charge in [-0.25, -0.2) is 10.2 Å². The highest BCUT2D eigenvalue weighted by Gasteiger charge is 2.15. The Bertz CT molecular complexity index is 695. The van der Waals surface area contributed by atoms with E-state index in [0.717, 1.165) is 22.9 Å². The first kappa shape index (κ1) is 16.2. The number of amides is 2. The molecule has 0 fully saturated rings. The lowest BCUT2D eigenvalue weighted by Crippen LogP contribution is -2.25. The van der Waals surface area contributed by atoms with Gasteiger partial charge in [0, 0.05) is 23.3 Å². The van der Waals surface area contributed by atoms with Gasteiger partial charge in [-0.05, 0) is 46.8 Å². The van der Waals surface area contributed by atoms with Gasteiger partial charge in [0.1, 0.15) is 5.82 Å². The number of hydrogen-bond acceptors (Lipinski definition) is 3. The normalized spacial score (nSPS) is 10.3. The number of benzene rings is 1. The highest BCUT2D eigenvalue weighted by molar-refractivity contribution is 9.10. The van der Waals surface area contributed by atoms with Gasteiger partial charge in [0.05, 0.1) is 0 Å². The monoisotopic (exact) mass is 363 g/mol. The third-order valence-corrected chi connectivity index (χ3v) is 4.21. The molecule has 1 aromatic carbocycles. The Hall–Kier alpha value is -2.15. The lowest BCUT2D eigenvalue weighted by molar-refractivity contribution is 0.251. The minimum Gasteiger partial charge on any atom is -0.336 e. The van der Waals surface area contributed by atoms with Crippen molar-refractivity contribution in [1.29, 1.82) is 5.53 Å². The maximum Gasteiger partial charge on any atom is 0.342 e. The summed E-state index contributed by atoms with van der Waals surface area (Å²) in [4.78, 5) is 11.6. The number of nitrogens with one attached hydrogen (secondary N) is 3. The third-order valence-electron chi connectivity index (χ3n) is 3.53. The number of hydrogen-bond donors (Lipinski definition) is 3. The van der Waals surface area contributed by atoms with Crippen LogP contribution in [-0.4, -0.2) is 10.6 Å². The number of nitrogens with zero attached hydrogens (tertiary/aromatic N) is 2. The third kappa shape index (κ3) is 3.73. The Morgan fingerprint density at radius 1 is 1.36 bits per heavy atom. The van der Waals surface area contributed by atoms with Gasteiger partial charge < -0.3 is 4.57 Å². The second kappa shape index (κ2) is 7.22. The van der Waals surface area contributed by atoms with Crippen molar-refractivity contribution in [2.24, 2.45) is 12.3 Å². The maximum absolute atomic E-state index is 11.6. The molecule has 0 spiro atoms. The predicted molar refractivity (Wildman–Crippen MR) is 89.0 cm³/mol. The molecule has 1 heterocycles. The van der Waals surface area contributed by atoms with Gasteiger partial charge in [-0.2, -0.15) is 5.53 Å². The molecule has 0 unspecified atom stereocenters. The van der Waals surface area contributed by atoms with Crippen molar-refractivity contribution in [2.75, 3.05) is 5.32 Å². The summed E-state index contributed by atoms with van der Waals surface area (Å²) < 4.78 is 2.78. The van der Waals surface area contributed by atoms with Crippen LogP contribution in [0.4, 0.5) is 10.6 Å². The summed E-state index contributed by atoms with van der Waals surface area (Å²) in [5, 5.41) is 5.59. The van der Waals surface area contributed by atoms with Crippen molar-refractivity contribution in [1.82, 2.24) is 9.99 Å². The Morgan fingerprint density at radius 3 is 2.77 bits per heavy atom. The second-order valence-corrected chi connectivity index (χ2v) is 5.87. The number of carbonyl (C=O) groups is 1. The molecule has 7 heteroatoms. The second-order valence-electron chi connectivity index (χ2n) is 5.02. The highest BCUT2D eigenvalue weighted by Crippen LogP contribution is 2.28. The maximum atomic E-state index is 11.6. The molecule has 0 saturated carbocycles. The van der Waals surface area contributed by atoms with Crippen molar-refractivity contribution in [3.8, 4) is 0 Å². The van der Waals surface area contributed by atoms with Crippen LogP contribution in [0.2, 0.25) is 0 Å². The molecule has 116 valence electrons. The fraction of sp³-hybridized carbons (Fsp3) is 0.267. The summed E-state index contributed by atoms with van der Waals surface area (Å²) in [5.74, 6) is 0.696. The number of carbonyl (C=O) groups excluding carboxylic acids is 1. The fourth-order valence-electron chi connectivity index (χ4n) is 2.38. The van der Waals surface area contributed by atoms with Crippen LogP contribution in [0.25, 0.3) is 0 Å². The van der Waals surface area contributed by atoms with Gasteiger partial charge in [0.2, 0.25) is 0 Å². The van der Waals surface area contributed by atoms with E-state index in [1.54, 1.807) is 0 Å². The summed E-state index contributed by atoms with van der Waals surface area (Å²) in [6.07, 6.45) is 3.58. The van der Waals surface area contributed by atoms with Crippen molar-refractivity contribution in [3.63, 3.8) is 0 Å². The summed E-state index contributed by atoms with van der Waals surface area (Å²) >= 11 is 3.54. The molecule has 0 aliphatic heterocycles. The van der Waals surface area contributed by atoms with E-state index in [0.29, 0.717) is 5.82 Å². The number of aryl methyl sites for hydroxylation is 3. The first-order valence-corrected chi connectivity index (χ1v) is 7.64. The van der Waals surface area contributed by atoms with Crippen LogP contribution >= 0.6 is 15.9 Å². The molecule has 6 nitrogen and oxygen atoms in total. The Kier molecular flexibility index (Phi) is 5.32. The minimum absolute atomic E-state index is 0.527. The Balaban J connectivity index is 2.18. The zero-order valence-electron chi connectivity index (χ0n) is 12.5. The molecule has 0 saturated heterocycles. The van der Waals surface area contributed by atoms with Crippen LogP contribution in [0.3, 0.4) is 0 Å². The van der Waals surface area contributed by atoms with E-state index < -0.39 is 6.03 Å². The first-order chi connectivity index (χ1) is 10.5. The van der Waals surface area contributed by atoms with E-state index in [-0.39, 0.29) is 0 Å². The van der Waals surface area contributed by atoms with Crippen molar-refractivity contribution >= 4 is 27.8 Å². The highest BCUT2D eigenvalue weighted by atomic mass is 79.9. The Morgan fingerprint density at radius 2 is 2.09 bits per heavy atom. The van der Waals surface area contributed by atoms with E-state index in [2.05, 4.69) is 51.0 Å². The number of halogens is 1. The van der Waals surface area contributed by atoms with E-state index in [1.807, 2.05) is 29.9 Å². The van der Waals surface area contributed by atoms with Gasteiger partial charge in [0.15, 0.2) is 0 Å². The number of rotatable bonds is 5. The summed E-state index contributed by atoms with van der Waals surface area (Å²) in [6.45, 7) is 2.09. The van der Waals surface area contributed by atoms with Crippen molar-refractivity contribution < 1.29 is 4.79 Å². The standard InChI is InChI=1S/C15H18BrN5O/c1-10-5-3-4-6-11(10)7-8-12-13(16)9-21(2)14(12)18-15(22)19-20-17/h3-6,9H,7-8H2,1-2H3,(H3,17,18,19,22). The fourth-order valence-corrected chi connectivity index (χ4v) is 3.07. The molecular formula is C15H18BrN5O. The largest absolute Gasteiger partial charge is 0.342 e. The van der Waals surface area contributed by atoms with Gasteiger partial charge in [-0.3, -0.25) is 5.32 Å². The molecule has 1 aromatic heterocycles. The average Bonchev–Trinajstić information content (AvgIpc) is 2.73. The van der Waals surface area contributed by atoms with E-state index >= 15 is 0 Å². The SMILES string of the molecule is Cc1ccccc1CCc1c(Br)cn(C)c1NC(=O)NN=N. The molecule has 0 radical (unpaired) electrons. The average molecular weight is 364 g/mol. The molecule has 2 amide bonds. The van der Waals surface area contributed by atoms with Gasteiger partial charge in [0.25, 0.3) is 0 Å². The lowest BCUT2D eigenvalue weighted by atomic mass is 10.0. The summed E-state index contributed by atoms with van der Waals surface area (Å²) in [7, 11) is 1.86. The van der Waals surface area contributed by atoms with E-state index in [9.17, 15) is 4.79 Å². The number of anilines is 1. The molecule has 0 aliphatic rings. The van der Waals surface area contributed by atoms with Crippen LogP contribution in [0, 0.1) is 12.5 Å². The van der Waals surface area contributed by atoms with E-state index in [4.69, 9.17) is 5.53 Å². The quantitative estimate of drug-likeness (QED) is 0.545. The number of aromatic nitrogens is 1. The smallest absolute Gasteiger partial charge is 0.336 e. The Labute approximate surface area is 137 Å². The van der Waals surface area contributed by atoms with Crippen LogP contribution in [0.1, 0.15) is 16.7 Å². The molecule has 0 aliphatic carbocycles. The molecule has 3 N–H and O–H groups in total. The minimum atomic E-state index is -0.527. The molecule has 0 bridgehead atoms. The molecular weight excluding hydrogens is 346 g/mol. The van der Waals surface area contributed by atoms with Gasteiger partial charge in [-0.15, -0.1) is 0 Å². The van der Waals surface area contributed by atoms with Crippen LogP contribution in [0.15, 0.2) is 40.2 Å². The predicted octanol–water partition coefficient (Wildman–Crippen LogP) is 3.95. The van der Waals surface area contributed by atoms with E-state index in [1.165, 1.54) is 11.1 Å². The van der Waals surface area contributed by atoms with Crippen molar-refractivity contribution in [3.05, 3.63) is 51.6 Å². The van der Waals surface area contributed by atoms with Crippen molar-refractivity contribution in [2.45, 2.75) is 19.8 Å². The molecule has 2 rings (SSSR count). The molecule has 22 heavy (non-hydrogen) atoms. The van der Waals surface area contributed by atoms with Crippen LogP contribution in [-0.2, 0) is 19.9 Å². The van der Waals surface area contributed by atoms with Gasteiger partial charge in [-0.1, -0.05) is 29.5 Å². The zero-order valence-corrected chi connectivity index (χ0v) is 14.1. The molecule has 0 atom stereocenters. The van der Waals surface area contributed by atoms with Crippen LogP contribution < -0.4 is 10.7 Å². The zero-order chi connectivity index (χ0) is 16.1. The van der Waals surface area contributed by atoms with Gasteiger partial charge >= 0.3 is 6.03 Å². The summed E-state index contributed by atoms with van der Waals surface area (Å²) in [5.41, 5.74) is 12.3. The molecule has 2 aromatic rings.